The Hall–Kier alpha value is -4.03. The molecule has 2 heterocycles. The largest absolute Gasteiger partial charge is 0.360 e. The lowest BCUT2D eigenvalue weighted by Gasteiger charge is -2.04. The Morgan fingerprint density at radius 1 is 0.812 bits per heavy atom. The third kappa shape index (κ3) is 3.96. The molecular formula is C26H19N3O2S. The van der Waals surface area contributed by atoms with Gasteiger partial charge in [0, 0.05) is 16.5 Å². The third-order valence-electron chi connectivity index (χ3n) is 5.15. The summed E-state index contributed by atoms with van der Waals surface area (Å²) in [7, 11) is 0. The second kappa shape index (κ2) is 8.61. The SMILES string of the molecule is Cc1onc(-c2ccccc2)c1C(=O)Nc1nc(-c2ccc(-c3ccccc3)cc2)cs1. The number of carbonyl (C=O) groups excluding carboxylic acids is 1. The van der Waals surface area contributed by atoms with Crippen LogP contribution < -0.4 is 5.32 Å². The van der Waals surface area contributed by atoms with E-state index < -0.39 is 0 Å². The van der Waals surface area contributed by atoms with Gasteiger partial charge in [-0.05, 0) is 18.1 Å². The van der Waals surface area contributed by atoms with Crippen molar-refractivity contribution >= 4 is 22.4 Å². The second-order valence-corrected chi connectivity index (χ2v) is 8.12. The van der Waals surface area contributed by atoms with E-state index in [1.54, 1.807) is 6.92 Å². The molecule has 0 radical (unpaired) electrons. The molecule has 0 unspecified atom stereocenters. The third-order valence-corrected chi connectivity index (χ3v) is 5.91. The van der Waals surface area contributed by atoms with Gasteiger partial charge in [-0.2, -0.15) is 0 Å². The van der Waals surface area contributed by atoms with E-state index in [1.165, 1.54) is 16.9 Å². The summed E-state index contributed by atoms with van der Waals surface area (Å²) in [4.78, 5) is 17.6. The van der Waals surface area contributed by atoms with Crippen molar-refractivity contribution in [2.24, 2.45) is 0 Å². The number of nitrogens with one attached hydrogen (secondary N) is 1. The number of hydrogen-bond acceptors (Lipinski definition) is 5. The maximum atomic E-state index is 13.0. The summed E-state index contributed by atoms with van der Waals surface area (Å²) in [5.74, 6) is 0.178. The van der Waals surface area contributed by atoms with Gasteiger partial charge in [0.2, 0.25) is 0 Å². The van der Waals surface area contributed by atoms with Crippen LogP contribution in [0.1, 0.15) is 16.1 Å². The molecule has 1 N–H and O–H groups in total. The number of carbonyl (C=O) groups is 1. The van der Waals surface area contributed by atoms with Gasteiger partial charge in [-0.3, -0.25) is 10.1 Å². The van der Waals surface area contributed by atoms with Crippen molar-refractivity contribution < 1.29 is 9.32 Å². The lowest BCUT2D eigenvalue weighted by molar-refractivity contribution is 0.102. The molecule has 2 aromatic heterocycles. The van der Waals surface area contributed by atoms with Crippen LogP contribution in [0.25, 0.3) is 33.6 Å². The second-order valence-electron chi connectivity index (χ2n) is 7.26. The highest BCUT2D eigenvalue weighted by atomic mass is 32.1. The summed E-state index contributed by atoms with van der Waals surface area (Å²) in [5, 5.41) is 9.43. The number of hydrogen-bond donors (Lipinski definition) is 1. The molecule has 0 spiro atoms. The molecule has 0 aliphatic carbocycles. The Morgan fingerprint density at radius 2 is 1.41 bits per heavy atom. The normalized spacial score (nSPS) is 10.8. The van der Waals surface area contributed by atoms with E-state index in [9.17, 15) is 4.79 Å². The molecule has 5 aromatic rings. The topological polar surface area (TPSA) is 68.0 Å². The molecule has 0 saturated carbocycles. The number of rotatable bonds is 5. The smallest absolute Gasteiger partial charge is 0.263 e. The highest BCUT2D eigenvalue weighted by Crippen LogP contribution is 2.30. The van der Waals surface area contributed by atoms with E-state index in [4.69, 9.17) is 4.52 Å². The Kier molecular flexibility index (Phi) is 5.35. The number of anilines is 1. The minimum atomic E-state index is -0.289. The van der Waals surface area contributed by atoms with Crippen LogP contribution >= 0.6 is 11.3 Å². The predicted molar refractivity (Wildman–Crippen MR) is 128 cm³/mol. The van der Waals surface area contributed by atoms with Gasteiger partial charge in [0.1, 0.15) is 17.0 Å². The van der Waals surface area contributed by atoms with Crippen molar-refractivity contribution in [3.63, 3.8) is 0 Å². The van der Waals surface area contributed by atoms with Gasteiger partial charge in [0.05, 0.1) is 5.69 Å². The van der Waals surface area contributed by atoms with Gasteiger partial charge in [0.25, 0.3) is 5.91 Å². The van der Waals surface area contributed by atoms with Crippen LogP contribution in [-0.2, 0) is 0 Å². The molecule has 0 aliphatic heterocycles. The fraction of sp³-hybridized carbons (Fsp3) is 0.0385. The first-order chi connectivity index (χ1) is 15.7. The van der Waals surface area contributed by atoms with Crippen LogP contribution in [0.15, 0.2) is 94.8 Å². The van der Waals surface area contributed by atoms with Crippen LogP contribution in [0.5, 0.6) is 0 Å². The van der Waals surface area contributed by atoms with Crippen LogP contribution in [-0.4, -0.2) is 16.0 Å². The zero-order chi connectivity index (χ0) is 21.9. The number of aryl methyl sites for hydroxylation is 1. The van der Waals surface area contributed by atoms with Gasteiger partial charge in [0.15, 0.2) is 5.13 Å². The summed E-state index contributed by atoms with van der Waals surface area (Å²) in [6.45, 7) is 1.73. The van der Waals surface area contributed by atoms with Crippen molar-refractivity contribution in [3.8, 4) is 33.6 Å². The van der Waals surface area contributed by atoms with Crippen LogP contribution in [0, 0.1) is 6.92 Å². The number of thiazole rings is 1. The summed E-state index contributed by atoms with van der Waals surface area (Å²) >= 11 is 1.38. The molecular weight excluding hydrogens is 418 g/mol. The molecule has 0 atom stereocenters. The van der Waals surface area contributed by atoms with E-state index in [1.807, 2.05) is 66.0 Å². The standard InChI is InChI=1S/C26H19N3O2S/c1-17-23(24(29-31-17)21-10-6-3-7-11-21)25(30)28-26-27-22(16-32-26)20-14-12-19(13-15-20)18-8-4-2-5-9-18/h2-16H,1H3,(H,27,28,30). The molecule has 6 heteroatoms. The molecule has 156 valence electrons. The fourth-order valence-corrected chi connectivity index (χ4v) is 4.23. The highest BCUT2D eigenvalue weighted by molar-refractivity contribution is 7.14. The number of nitrogens with zero attached hydrogens (tertiary/aromatic N) is 2. The average Bonchev–Trinajstić information content (AvgIpc) is 3.47. The average molecular weight is 438 g/mol. The highest BCUT2D eigenvalue weighted by Gasteiger charge is 2.22. The molecule has 3 aromatic carbocycles. The lowest BCUT2D eigenvalue weighted by atomic mass is 10.0. The summed E-state index contributed by atoms with van der Waals surface area (Å²) in [6.07, 6.45) is 0. The minimum absolute atomic E-state index is 0.289. The van der Waals surface area contributed by atoms with Crippen molar-refractivity contribution in [1.29, 1.82) is 0 Å². The number of aromatic nitrogens is 2. The van der Waals surface area contributed by atoms with E-state index in [0.717, 1.165) is 22.4 Å². The Morgan fingerprint density at radius 3 is 2.09 bits per heavy atom. The number of amides is 1. The monoisotopic (exact) mass is 437 g/mol. The Bertz CT molecular complexity index is 1360. The molecule has 0 bridgehead atoms. The van der Waals surface area contributed by atoms with Gasteiger partial charge in [-0.25, -0.2) is 4.98 Å². The summed E-state index contributed by atoms with van der Waals surface area (Å²) in [6, 6.07) is 28.0. The minimum Gasteiger partial charge on any atom is -0.360 e. The summed E-state index contributed by atoms with van der Waals surface area (Å²) < 4.78 is 5.30. The fourth-order valence-electron chi connectivity index (χ4n) is 3.52. The van der Waals surface area contributed by atoms with Crippen molar-refractivity contribution in [2.75, 3.05) is 5.32 Å². The maximum Gasteiger partial charge on any atom is 0.263 e. The Balaban J connectivity index is 1.35. The van der Waals surface area contributed by atoms with Crippen molar-refractivity contribution in [3.05, 3.63) is 102 Å². The van der Waals surface area contributed by atoms with Crippen LogP contribution in [0.2, 0.25) is 0 Å². The first kappa shape index (κ1) is 19.9. The zero-order valence-corrected chi connectivity index (χ0v) is 18.1. The first-order valence-corrected chi connectivity index (χ1v) is 11.0. The number of benzene rings is 3. The van der Waals surface area contributed by atoms with Crippen LogP contribution in [0.4, 0.5) is 5.13 Å². The van der Waals surface area contributed by atoms with Gasteiger partial charge < -0.3 is 4.52 Å². The molecule has 1 amide bonds. The molecule has 0 aliphatic rings. The van der Waals surface area contributed by atoms with E-state index >= 15 is 0 Å². The lowest BCUT2D eigenvalue weighted by Crippen LogP contribution is -2.13. The maximum absolute atomic E-state index is 13.0. The van der Waals surface area contributed by atoms with Gasteiger partial charge in [-0.1, -0.05) is 90.1 Å². The molecule has 32 heavy (non-hydrogen) atoms. The van der Waals surface area contributed by atoms with E-state index in [2.05, 4.69) is 39.7 Å². The first-order valence-electron chi connectivity index (χ1n) is 10.1. The predicted octanol–water partition coefficient (Wildman–Crippen LogP) is 6.69. The zero-order valence-electron chi connectivity index (χ0n) is 17.3. The molecule has 0 saturated heterocycles. The summed E-state index contributed by atoms with van der Waals surface area (Å²) in [5.41, 5.74) is 5.89. The van der Waals surface area contributed by atoms with E-state index in [-0.39, 0.29) is 5.91 Å². The van der Waals surface area contributed by atoms with E-state index in [0.29, 0.717) is 22.1 Å². The van der Waals surface area contributed by atoms with Crippen molar-refractivity contribution in [1.82, 2.24) is 10.1 Å². The molecule has 5 nitrogen and oxygen atoms in total. The Labute approximate surface area is 189 Å². The quantitative estimate of drug-likeness (QED) is 0.332. The van der Waals surface area contributed by atoms with Crippen molar-refractivity contribution in [2.45, 2.75) is 6.92 Å². The van der Waals surface area contributed by atoms with Crippen LogP contribution in [0.3, 0.4) is 0 Å². The molecule has 0 fully saturated rings. The van der Waals surface area contributed by atoms with Gasteiger partial charge in [-0.15, -0.1) is 11.3 Å². The van der Waals surface area contributed by atoms with Gasteiger partial charge >= 0.3 is 0 Å². The molecule has 5 rings (SSSR count).